The lowest BCUT2D eigenvalue weighted by atomic mass is 10.1. The van der Waals surface area contributed by atoms with Gasteiger partial charge < -0.3 is 14.2 Å². The van der Waals surface area contributed by atoms with Crippen molar-refractivity contribution in [3.63, 3.8) is 0 Å². The Bertz CT molecular complexity index is 693. The Labute approximate surface area is 140 Å². The van der Waals surface area contributed by atoms with Crippen molar-refractivity contribution < 1.29 is 14.1 Å². The zero-order chi connectivity index (χ0) is 17.1. The third-order valence-corrected chi connectivity index (χ3v) is 4.01. The molecule has 1 N–H and O–H groups in total. The second kappa shape index (κ2) is 7.12. The molecular weight excluding hydrogens is 310 g/mol. The van der Waals surface area contributed by atoms with E-state index in [-0.39, 0.29) is 23.7 Å². The normalized spacial score (nSPS) is 18.3. The molecule has 0 radical (unpaired) electrons. The summed E-state index contributed by atoms with van der Waals surface area (Å²) in [6.45, 7) is 7.46. The Morgan fingerprint density at radius 2 is 2.33 bits per heavy atom. The van der Waals surface area contributed by atoms with Gasteiger partial charge in [-0.2, -0.15) is 5.10 Å². The molecule has 2 aromatic rings. The number of hydrogen-bond donors (Lipinski definition) is 1. The van der Waals surface area contributed by atoms with Crippen molar-refractivity contribution in [3.05, 3.63) is 29.2 Å². The predicted octanol–water partition coefficient (Wildman–Crippen LogP) is 2.08. The smallest absolute Gasteiger partial charge is 0.292 e. The number of ether oxygens (including phenoxy) is 1. The Balaban J connectivity index is 1.68. The maximum atomic E-state index is 12.6. The van der Waals surface area contributed by atoms with Crippen molar-refractivity contribution in [1.29, 1.82) is 0 Å². The molecule has 0 aliphatic carbocycles. The monoisotopic (exact) mass is 333 g/mol. The van der Waals surface area contributed by atoms with Gasteiger partial charge in [-0.15, -0.1) is 0 Å². The number of hydrogen-bond acceptors (Lipinski definition) is 6. The fraction of sp³-hybridized carbons (Fsp3) is 0.625. The molecule has 2 aromatic heterocycles. The molecule has 0 spiro atoms. The van der Waals surface area contributed by atoms with Crippen LogP contribution in [0, 0.1) is 0 Å². The third-order valence-electron chi connectivity index (χ3n) is 4.01. The van der Waals surface area contributed by atoms with E-state index in [0.717, 1.165) is 24.4 Å². The number of nitrogens with one attached hydrogen (secondary N) is 1. The van der Waals surface area contributed by atoms with Crippen molar-refractivity contribution in [2.45, 2.75) is 45.6 Å². The van der Waals surface area contributed by atoms with Gasteiger partial charge in [0.05, 0.1) is 18.8 Å². The van der Waals surface area contributed by atoms with Crippen LogP contribution in [0.5, 0.6) is 0 Å². The van der Waals surface area contributed by atoms with Crippen molar-refractivity contribution in [3.8, 4) is 0 Å². The van der Waals surface area contributed by atoms with Crippen molar-refractivity contribution in [2.24, 2.45) is 0 Å². The average Bonchev–Trinajstić information content (AvgIpc) is 3.24. The number of aromatic amines is 1. The van der Waals surface area contributed by atoms with Crippen LogP contribution in [-0.4, -0.2) is 50.8 Å². The minimum Gasteiger partial charge on any atom is -0.366 e. The second-order valence-electron chi connectivity index (χ2n) is 6.27. The summed E-state index contributed by atoms with van der Waals surface area (Å²) in [5.74, 6) is 1.75. The lowest BCUT2D eigenvalue weighted by molar-refractivity contribution is -0.0278. The average molecular weight is 333 g/mol. The maximum Gasteiger partial charge on any atom is 0.292 e. The quantitative estimate of drug-likeness (QED) is 0.900. The number of aromatic nitrogens is 4. The summed E-state index contributed by atoms with van der Waals surface area (Å²) in [5.41, 5.74) is 0.779. The summed E-state index contributed by atoms with van der Waals surface area (Å²) < 4.78 is 10.9. The third kappa shape index (κ3) is 3.48. The van der Waals surface area contributed by atoms with E-state index < -0.39 is 0 Å². The number of carbonyl (C=O) groups is 1. The summed E-state index contributed by atoms with van der Waals surface area (Å²) in [4.78, 5) is 18.8. The van der Waals surface area contributed by atoms with Crippen LogP contribution in [0.3, 0.4) is 0 Å². The minimum absolute atomic E-state index is 0.174. The zero-order valence-electron chi connectivity index (χ0n) is 14.3. The van der Waals surface area contributed by atoms with E-state index in [0.29, 0.717) is 25.5 Å². The van der Waals surface area contributed by atoms with Gasteiger partial charge in [-0.05, 0) is 12.3 Å². The van der Waals surface area contributed by atoms with Gasteiger partial charge in [-0.25, -0.2) is 4.98 Å². The molecule has 1 fully saturated rings. The van der Waals surface area contributed by atoms with E-state index in [1.807, 2.05) is 13.8 Å². The molecular formula is C16H23N5O3. The number of rotatable bonds is 5. The van der Waals surface area contributed by atoms with Gasteiger partial charge in [-0.3, -0.25) is 9.89 Å². The first-order valence-electron chi connectivity index (χ1n) is 8.37. The van der Waals surface area contributed by atoms with Crippen LogP contribution in [-0.2, 0) is 11.2 Å². The molecule has 1 atom stereocenters. The first-order valence-corrected chi connectivity index (χ1v) is 8.37. The first-order chi connectivity index (χ1) is 11.6. The summed E-state index contributed by atoms with van der Waals surface area (Å²) >= 11 is 0. The van der Waals surface area contributed by atoms with E-state index in [1.54, 1.807) is 11.0 Å². The molecule has 0 bridgehead atoms. The van der Waals surface area contributed by atoms with Crippen LogP contribution >= 0.6 is 0 Å². The molecule has 8 heteroatoms. The van der Waals surface area contributed by atoms with Crippen molar-refractivity contribution >= 4 is 5.91 Å². The van der Waals surface area contributed by atoms with Crippen LogP contribution in [0.15, 0.2) is 10.6 Å². The van der Waals surface area contributed by atoms with Crippen LogP contribution in [0.4, 0.5) is 0 Å². The van der Waals surface area contributed by atoms with Gasteiger partial charge in [0.15, 0.2) is 5.82 Å². The Morgan fingerprint density at radius 3 is 3.04 bits per heavy atom. The summed E-state index contributed by atoms with van der Waals surface area (Å²) in [5, 5.41) is 11.1. The van der Waals surface area contributed by atoms with Crippen LogP contribution in [0.2, 0.25) is 0 Å². The molecule has 0 aromatic carbocycles. The van der Waals surface area contributed by atoms with Gasteiger partial charge in [0, 0.05) is 19.0 Å². The van der Waals surface area contributed by atoms with Crippen LogP contribution < -0.4 is 0 Å². The van der Waals surface area contributed by atoms with Crippen molar-refractivity contribution in [1.82, 2.24) is 25.2 Å². The topological polar surface area (TPSA) is 97.1 Å². The fourth-order valence-electron chi connectivity index (χ4n) is 2.61. The van der Waals surface area contributed by atoms with E-state index in [1.165, 1.54) is 0 Å². The highest BCUT2D eigenvalue weighted by Gasteiger charge is 2.30. The second-order valence-corrected chi connectivity index (χ2v) is 6.27. The Morgan fingerprint density at radius 1 is 1.50 bits per heavy atom. The molecule has 8 nitrogen and oxygen atoms in total. The molecule has 3 rings (SSSR count). The number of morpholine rings is 1. The SMILES string of the molecule is CCCc1nc(C2CN(C(=O)c3cc(C(C)C)no3)CCO2)n[nH]1. The van der Waals surface area contributed by atoms with Crippen LogP contribution in [0.25, 0.3) is 0 Å². The van der Waals surface area contributed by atoms with E-state index >= 15 is 0 Å². The fourth-order valence-corrected chi connectivity index (χ4v) is 2.61. The van der Waals surface area contributed by atoms with Gasteiger partial charge >= 0.3 is 0 Å². The minimum atomic E-state index is -0.322. The standard InChI is InChI=1S/C16H23N5O3/c1-4-5-14-17-15(19-18-14)13-9-21(6-7-23-13)16(22)12-8-11(10(2)3)20-24-12/h8,10,13H,4-7,9H2,1-3H3,(H,17,18,19). The van der Waals surface area contributed by atoms with Crippen molar-refractivity contribution in [2.75, 3.05) is 19.7 Å². The maximum absolute atomic E-state index is 12.6. The number of aryl methyl sites for hydroxylation is 1. The Hall–Kier alpha value is -2.22. The molecule has 0 saturated carbocycles. The van der Waals surface area contributed by atoms with Gasteiger partial charge in [0.2, 0.25) is 5.76 Å². The molecule has 1 saturated heterocycles. The lowest BCUT2D eigenvalue weighted by Gasteiger charge is -2.30. The lowest BCUT2D eigenvalue weighted by Crippen LogP contribution is -2.42. The van der Waals surface area contributed by atoms with Gasteiger partial charge in [0.25, 0.3) is 5.91 Å². The van der Waals surface area contributed by atoms with E-state index in [9.17, 15) is 4.79 Å². The Kier molecular flexibility index (Phi) is 4.94. The molecule has 1 aliphatic rings. The number of amides is 1. The molecule has 24 heavy (non-hydrogen) atoms. The molecule has 1 unspecified atom stereocenters. The number of H-pyrrole nitrogens is 1. The van der Waals surface area contributed by atoms with Gasteiger partial charge in [0.1, 0.15) is 11.9 Å². The van der Waals surface area contributed by atoms with Crippen LogP contribution in [0.1, 0.15) is 67.1 Å². The molecule has 3 heterocycles. The molecule has 1 aliphatic heterocycles. The first kappa shape index (κ1) is 16.6. The largest absolute Gasteiger partial charge is 0.366 e. The zero-order valence-corrected chi connectivity index (χ0v) is 14.3. The number of carbonyl (C=O) groups excluding carboxylic acids is 1. The molecule has 1 amide bonds. The van der Waals surface area contributed by atoms with Gasteiger partial charge in [-0.1, -0.05) is 25.9 Å². The van der Waals surface area contributed by atoms with E-state index in [2.05, 4.69) is 27.3 Å². The highest BCUT2D eigenvalue weighted by Crippen LogP contribution is 2.22. The highest BCUT2D eigenvalue weighted by atomic mass is 16.5. The number of nitrogens with zero attached hydrogens (tertiary/aromatic N) is 4. The highest BCUT2D eigenvalue weighted by molar-refractivity contribution is 5.91. The van der Waals surface area contributed by atoms with E-state index in [4.69, 9.17) is 9.26 Å². The summed E-state index contributed by atoms with van der Waals surface area (Å²) in [7, 11) is 0. The summed E-state index contributed by atoms with van der Waals surface area (Å²) in [6, 6.07) is 1.71. The predicted molar refractivity (Wildman–Crippen MR) is 85.6 cm³/mol. The molecule has 130 valence electrons. The summed E-state index contributed by atoms with van der Waals surface area (Å²) in [6.07, 6.45) is 1.52.